The van der Waals surface area contributed by atoms with Crippen LogP contribution in [0.5, 0.6) is 0 Å². The first-order valence-corrected chi connectivity index (χ1v) is 5.83. The summed E-state index contributed by atoms with van der Waals surface area (Å²) in [6.45, 7) is 0. The molecule has 2 rings (SSSR count). The van der Waals surface area contributed by atoms with Gasteiger partial charge >= 0.3 is 0 Å². The van der Waals surface area contributed by atoms with E-state index in [4.69, 9.17) is 0 Å². The lowest BCUT2D eigenvalue weighted by atomic mass is 10.1. The van der Waals surface area contributed by atoms with Crippen LogP contribution in [0.2, 0.25) is 0 Å². The molecule has 0 bridgehead atoms. The van der Waals surface area contributed by atoms with Crippen molar-refractivity contribution in [1.82, 2.24) is 0 Å². The molecule has 1 fully saturated rings. The molecule has 0 amide bonds. The van der Waals surface area contributed by atoms with Gasteiger partial charge in [0.05, 0.1) is 0 Å². The SMILES string of the molecule is O=C(CCc1ccccc1Br)C1CC1. The zero-order valence-corrected chi connectivity index (χ0v) is 9.59. The molecule has 14 heavy (non-hydrogen) atoms. The second-order valence-electron chi connectivity index (χ2n) is 3.83. The minimum Gasteiger partial charge on any atom is -0.299 e. The molecule has 0 radical (unpaired) electrons. The Morgan fingerprint density at radius 1 is 1.36 bits per heavy atom. The summed E-state index contributed by atoms with van der Waals surface area (Å²) in [4.78, 5) is 11.5. The molecule has 0 heterocycles. The molecule has 1 aliphatic rings. The number of benzene rings is 1. The maximum atomic E-state index is 11.5. The Kier molecular flexibility index (Phi) is 3.02. The molecule has 1 aromatic carbocycles. The monoisotopic (exact) mass is 252 g/mol. The Bertz CT molecular complexity index is 342. The Morgan fingerprint density at radius 3 is 2.71 bits per heavy atom. The third-order valence-corrected chi connectivity index (χ3v) is 3.40. The van der Waals surface area contributed by atoms with Gasteiger partial charge in [-0.2, -0.15) is 0 Å². The number of ketones is 1. The number of rotatable bonds is 4. The van der Waals surface area contributed by atoms with Crippen molar-refractivity contribution < 1.29 is 4.79 Å². The zero-order chi connectivity index (χ0) is 9.97. The number of hydrogen-bond donors (Lipinski definition) is 0. The number of halogens is 1. The predicted molar refractivity (Wildman–Crippen MR) is 60.2 cm³/mol. The number of carbonyl (C=O) groups is 1. The van der Waals surface area contributed by atoms with Crippen molar-refractivity contribution >= 4 is 21.7 Å². The van der Waals surface area contributed by atoms with E-state index >= 15 is 0 Å². The van der Waals surface area contributed by atoms with Gasteiger partial charge in [-0.15, -0.1) is 0 Å². The summed E-state index contributed by atoms with van der Waals surface area (Å²) < 4.78 is 1.11. The van der Waals surface area contributed by atoms with E-state index in [1.165, 1.54) is 5.56 Å². The molecular weight excluding hydrogens is 240 g/mol. The molecule has 1 nitrogen and oxygen atoms in total. The molecule has 0 spiro atoms. The van der Waals surface area contributed by atoms with Crippen LogP contribution in [0.1, 0.15) is 24.8 Å². The second kappa shape index (κ2) is 4.26. The van der Waals surface area contributed by atoms with Gasteiger partial charge in [0, 0.05) is 16.8 Å². The highest BCUT2D eigenvalue weighted by Gasteiger charge is 2.28. The van der Waals surface area contributed by atoms with Gasteiger partial charge in [-0.25, -0.2) is 0 Å². The van der Waals surface area contributed by atoms with Crippen LogP contribution in [0.3, 0.4) is 0 Å². The number of aryl methyl sites for hydroxylation is 1. The van der Waals surface area contributed by atoms with Gasteiger partial charge in [-0.05, 0) is 30.9 Å². The van der Waals surface area contributed by atoms with Gasteiger partial charge in [0.25, 0.3) is 0 Å². The first-order valence-electron chi connectivity index (χ1n) is 5.03. The predicted octanol–water partition coefficient (Wildman–Crippen LogP) is 3.36. The third kappa shape index (κ3) is 2.44. The van der Waals surface area contributed by atoms with Gasteiger partial charge in [0.1, 0.15) is 5.78 Å². The second-order valence-corrected chi connectivity index (χ2v) is 4.69. The molecule has 0 N–H and O–H groups in total. The summed E-state index contributed by atoms with van der Waals surface area (Å²) in [6, 6.07) is 8.11. The van der Waals surface area contributed by atoms with E-state index in [1.54, 1.807) is 0 Å². The average molecular weight is 253 g/mol. The fourth-order valence-electron chi connectivity index (χ4n) is 1.57. The summed E-state index contributed by atoms with van der Waals surface area (Å²) in [5.41, 5.74) is 1.24. The van der Waals surface area contributed by atoms with Crippen LogP contribution in [-0.4, -0.2) is 5.78 Å². The largest absolute Gasteiger partial charge is 0.299 e. The maximum Gasteiger partial charge on any atom is 0.136 e. The van der Waals surface area contributed by atoms with Crippen LogP contribution < -0.4 is 0 Å². The van der Waals surface area contributed by atoms with E-state index < -0.39 is 0 Å². The normalized spacial score (nSPS) is 15.5. The van der Waals surface area contributed by atoms with Crippen molar-refractivity contribution in [2.45, 2.75) is 25.7 Å². The molecule has 0 aliphatic heterocycles. The molecule has 0 atom stereocenters. The maximum absolute atomic E-state index is 11.5. The Hall–Kier alpha value is -0.630. The quantitative estimate of drug-likeness (QED) is 0.804. The van der Waals surface area contributed by atoms with Gasteiger partial charge in [-0.1, -0.05) is 34.1 Å². The van der Waals surface area contributed by atoms with Crippen molar-refractivity contribution in [2.75, 3.05) is 0 Å². The fraction of sp³-hybridized carbons (Fsp3) is 0.417. The van der Waals surface area contributed by atoms with Gasteiger partial charge in [0.15, 0.2) is 0 Å². The molecule has 1 saturated carbocycles. The fourth-order valence-corrected chi connectivity index (χ4v) is 2.05. The highest BCUT2D eigenvalue weighted by atomic mass is 79.9. The molecule has 0 saturated heterocycles. The number of Topliss-reactive ketones (excluding diaryl/α,β-unsaturated/α-hetero) is 1. The van der Waals surface area contributed by atoms with Gasteiger partial charge in [0.2, 0.25) is 0 Å². The van der Waals surface area contributed by atoms with Crippen LogP contribution in [0.15, 0.2) is 28.7 Å². The van der Waals surface area contributed by atoms with E-state index in [0.717, 1.165) is 23.7 Å². The minimum absolute atomic E-state index is 0.400. The summed E-state index contributed by atoms with van der Waals surface area (Å²) in [5, 5.41) is 0. The van der Waals surface area contributed by atoms with E-state index in [-0.39, 0.29) is 0 Å². The molecule has 1 aliphatic carbocycles. The molecular formula is C12H13BrO. The van der Waals surface area contributed by atoms with Gasteiger partial charge in [-0.3, -0.25) is 4.79 Å². The van der Waals surface area contributed by atoms with E-state index in [2.05, 4.69) is 22.0 Å². The lowest BCUT2D eigenvalue weighted by Gasteiger charge is -2.02. The summed E-state index contributed by atoms with van der Waals surface area (Å²) in [5.74, 6) is 0.846. The Labute approximate surface area is 92.6 Å². The summed E-state index contributed by atoms with van der Waals surface area (Å²) in [7, 11) is 0. The number of carbonyl (C=O) groups excluding carboxylic acids is 1. The molecule has 2 heteroatoms. The standard InChI is InChI=1S/C12H13BrO/c13-11-4-2-1-3-9(11)7-8-12(14)10-5-6-10/h1-4,10H,5-8H2. The Morgan fingerprint density at radius 2 is 2.07 bits per heavy atom. The van der Waals surface area contributed by atoms with E-state index in [1.807, 2.05) is 18.2 Å². The third-order valence-electron chi connectivity index (χ3n) is 2.63. The first kappa shape index (κ1) is 9.91. The zero-order valence-electron chi connectivity index (χ0n) is 8.00. The number of hydrogen-bond acceptors (Lipinski definition) is 1. The van der Waals surface area contributed by atoms with E-state index in [0.29, 0.717) is 18.1 Å². The minimum atomic E-state index is 0.400. The van der Waals surface area contributed by atoms with Crippen molar-refractivity contribution in [3.63, 3.8) is 0 Å². The van der Waals surface area contributed by atoms with Crippen LogP contribution in [0, 0.1) is 5.92 Å². The summed E-state index contributed by atoms with van der Waals surface area (Å²) in [6.07, 6.45) is 3.81. The molecule has 74 valence electrons. The highest BCUT2D eigenvalue weighted by molar-refractivity contribution is 9.10. The first-order chi connectivity index (χ1) is 6.77. The molecule has 0 unspecified atom stereocenters. The van der Waals surface area contributed by atoms with Crippen molar-refractivity contribution in [2.24, 2.45) is 5.92 Å². The Balaban J connectivity index is 1.91. The smallest absolute Gasteiger partial charge is 0.136 e. The summed E-state index contributed by atoms with van der Waals surface area (Å²) >= 11 is 3.49. The topological polar surface area (TPSA) is 17.1 Å². The van der Waals surface area contributed by atoms with Crippen LogP contribution in [0.25, 0.3) is 0 Å². The van der Waals surface area contributed by atoms with Crippen LogP contribution in [0.4, 0.5) is 0 Å². The van der Waals surface area contributed by atoms with E-state index in [9.17, 15) is 4.79 Å². The lowest BCUT2D eigenvalue weighted by molar-refractivity contribution is -0.120. The van der Waals surface area contributed by atoms with Crippen LogP contribution >= 0.6 is 15.9 Å². The van der Waals surface area contributed by atoms with Crippen molar-refractivity contribution in [3.8, 4) is 0 Å². The van der Waals surface area contributed by atoms with Crippen LogP contribution in [-0.2, 0) is 11.2 Å². The lowest BCUT2D eigenvalue weighted by Crippen LogP contribution is -2.02. The highest BCUT2D eigenvalue weighted by Crippen LogP contribution is 2.31. The molecule has 1 aromatic rings. The average Bonchev–Trinajstić information content (AvgIpc) is 2.99. The van der Waals surface area contributed by atoms with Crippen molar-refractivity contribution in [3.05, 3.63) is 34.3 Å². The van der Waals surface area contributed by atoms with Gasteiger partial charge < -0.3 is 0 Å². The van der Waals surface area contributed by atoms with Crippen molar-refractivity contribution in [1.29, 1.82) is 0 Å². The molecule has 0 aromatic heterocycles.